The number of hydrogen-bond donors (Lipinski definition) is 3. The molecule has 0 spiro atoms. The van der Waals surface area contributed by atoms with Gasteiger partial charge in [0.2, 0.25) is 0 Å². The van der Waals surface area contributed by atoms with Gasteiger partial charge < -0.3 is 33.8 Å². The molecular weight excluding hydrogens is 1380 g/mol. The second-order valence-electron chi connectivity index (χ2n) is 31.8. The number of ether oxygens (including phenoxy) is 4. The maximum absolute atomic E-state index is 13.2. The molecule has 0 aliphatic heterocycles. The number of hydrogen-bond acceptors (Lipinski definition) is 15. The summed E-state index contributed by atoms with van der Waals surface area (Å²) in [6.45, 7) is 9.76. The molecular formula is C87H170O17P2. The van der Waals surface area contributed by atoms with Crippen molar-refractivity contribution in [1.82, 2.24) is 0 Å². The third kappa shape index (κ3) is 77.4. The number of unbranched alkanes of at least 4 members (excludes halogenated alkanes) is 54. The van der Waals surface area contributed by atoms with E-state index in [-0.39, 0.29) is 25.7 Å². The highest BCUT2D eigenvalue weighted by atomic mass is 31.2. The van der Waals surface area contributed by atoms with Gasteiger partial charge >= 0.3 is 39.5 Å². The van der Waals surface area contributed by atoms with Crippen molar-refractivity contribution in [3.63, 3.8) is 0 Å². The third-order valence-corrected chi connectivity index (χ3v) is 23.1. The van der Waals surface area contributed by atoms with Crippen LogP contribution in [0.15, 0.2) is 0 Å². The molecule has 0 aromatic heterocycles. The number of aliphatic hydroxyl groups is 1. The molecule has 0 bridgehead atoms. The van der Waals surface area contributed by atoms with Crippen molar-refractivity contribution in [3.8, 4) is 0 Å². The van der Waals surface area contributed by atoms with Crippen molar-refractivity contribution in [2.24, 2.45) is 11.8 Å². The van der Waals surface area contributed by atoms with Gasteiger partial charge in [-0.15, -0.1) is 0 Å². The minimum absolute atomic E-state index is 0.107. The summed E-state index contributed by atoms with van der Waals surface area (Å²) in [5.41, 5.74) is 0. The molecule has 3 N–H and O–H groups in total. The largest absolute Gasteiger partial charge is 0.472 e. The second-order valence-corrected chi connectivity index (χ2v) is 34.7. The van der Waals surface area contributed by atoms with E-state index in [4.69, 9.17) is 37.0 Å². The van der Waals surface area contributed by atoms with Crippen LogP contribution in [0.25, 0.3) is 0 Å². The van der Waals surface area contributed by atoms with Crippen molar-refractivity contribution in [2.45, 2.75) is 484 Å². The van der Waals surface area contributed by atoms with Crippen LogP contribution in [0.1, 0.15) is 465 Å². The Balaban J connectivity index is 5.23. The van der Waals surface area contributed by atoms with Gasteiger partial charge in [-0.3, -0.25) is 37.3 Å². The molecule has 0 radical (unpaired) electrons. The number of aliphatic hydroxyl groups excluding tert-OH is 1. The number of phosphoric ester groups is 2. The fourth-order valence-electron chi connectivity index (χ4n) is 13.5. The molecule has 0 aliphatic rings. The first-order valence-corrected chi connectivity index (χ1v) is 48.1. The monoisotopic (exact) mass is 1550 g/mol. The minimum Gasteiger partial charge on any atom is -0.462 e. The van der Waals surface area contributed by atoms with E-state index in [2.05, 4.69) is 41.5 Å². The summed E-state index contributed by atoms with van der Waals surface area (Å²) in [6, 6.07) is 0. The second kappa shape index (κ2) is 78.3. The number of esters is 4. The summed E-state index contributed by atoms with van der Waals surface area (Å²) < 4.78 is 68.9. The molecule has 630 valence electrons. The van der Waals surface area contributed by atoms with E-state index >= 15 is 0 Å². The lowest BCUT2D eigenvalue weighted by atomic mass is 9.99. The zero-order valence-corrected chi connectivity index (χ0v) is 71.5. The Morgan fingerprint density at radius 3 is 0.670 bits per heavy atom. The molecule has 19 heteroatoms. The van der Waals surface area contributed by atoms with E-state index in [9.17, 15) is 43.2 Å². The summed E-state index contributed by atoms with van der Waals surface area (Å²) in [5, 5.41) is 10.7. The standard InChI is InChI=1S/C87H170O17P2/c1-7-11-13-15-17-19-21-22-23-24-25-29-32-35-39-46-52-58-64-70-85(90)98-76-82(103-86(91)71-65-59-53-47-40-36-33-30-27-26-28-31-34-38-43-49-55-61-67-79(5)9-3)77-101-105(93,94)99-73-81(88)74-100-106(95,96)102-78-83(75-97-84(89)69-63-57-51-45-37-20-18-16-14-12-8-2)104-87(92)72-66-60-54-48-42-41-44-50-56-62-68-80(6)10-4/h79-83,88H,7-78H2,1-6H3,(H,93,94)(H,95,96)/t79?,80?,81-,82-,83-/m1/s1. The van der Waals surface area contributed by atoms with E-state index in [1.807, 2.05) is 0 Å². The molecule has 7 atom stereocenters. The van der Waals surface area contributed by atoms with Crippen molar-refractivity contribution in [1.29, 1.82) is 0 Å². The molecule has 0 rings (SSSR count). The fourth-order valence-corrected chi connectivity index (χ4v) is 15.1. The average Bonchev–Trinajstić information content (AvgIpc) is 0.887. The van der Waals surface area contributed by atoms with Gasteiger partial charge in [0.25, 0.3) is 0 Å². The van der Waals surface area contributed by atoms with Crippen LogP contribution in [0.4, 0.5) is 0 Å². The first kappa shape index (κ1) is 104. The van der Waals surface area contributed by atoms with Gasteiger partial charge in [0.1, 0.15) is 19.3 Å². The number of carbonyl (C=O) groups excluding carboxylic acids is 4. The summed E-state index contributed by atoms with van der Waals surface area (Å²) in [6.07, 6.45) is 70.7. The quantitative estimate of drug-likeness (QED) is 0.0222. The zero-order chi connectivity index (χ0) is 77.8. The Hall–Kier alpha value is -1.94. The van der Waals surface area contributed by atoms with Gasteiger partial charge in [0.05, 0.1) is 26.4 Å². The predicted molar refractivity (Wildman–Crippen MR) is 437 cm³/mol. The molecule has 17 nitrogen and oxygen atoms in total. The Labute approximate surface area is 651 Å². The van der Waals surface area contributed by atoms with Gasteiger partial charge in [0, 0.05) is 25.7 Å². The van der Waals surface area contributed by atoms with E-state index in [1.54, 1.807) is 0 Å². The van der Waals surface area contributed by atoms with E-state index in [0.717, 1.165) is 102 Å². The van der Waals surface area contributed by atoms with Crippen molar-refractivity contribution < 1.29 is 80.2 Å². The zero-order valence-electron chi connectivity index (χ0n) is 69.7. The third-order valence-electron chi connectivity index (χ3n) is 21.2. The summed E-state index contributed by atoms with van der Waals surface area (Å²) >= 11 is 0. The maximum atomic E-state index is 13.2. The Kier molecular flexibility index (Phi) is 76.9. The van der Waals surface area contributed by atoms with Crippen LogP contribution in [0.5, 0.6) is 0 Å². The van der Waals surface area contributed by atoms with Crippen LogP contribution in [0.3, 0.4) is 0 Å². The molecule has 0 heterocycles. The van der Waals surface area contributed by atoms with Gasteiger partial charge in [-0.1, -0.05) is 414 Å². The molecule has 4 unspecified atom stereocenters. The lowest BCUT2D eigenvalue weighted by Crippen LogP contribution is -2.30. The Morgan fingerprint density at radius 1 is 0.264 bits per heavy atom. The maximum Gasteiger partial charge on any atom is 0.472 e. The van der Waals surface area contributed by atoms with Gasteiger partial charge in [-0.25, -0.2) is 9.13 Å². The van der Waals surface area contributed by atoms with Crippen LogP contribution in [0, 0.1) is 11.8 Å². The van der Waals surface area contributed by atoms with Crippen molar-refractivity contribution >= 4 is 39.5 Å². The molecule has 0 saturated heterocycles. The van der Waals surface area contributed by atoms with E-state index < -0.39 is 97.5 Å². The predicted octanol–water partition coefficient (Wildman–Crippen LogP) is 26.6. The number of carbonyl (C=O) groups is 4. The highest BCUT2D eigenvalue weighted by Crippen LogP contribution is 2.45. The van der Waals surface area contributed by atoms with E-state index in [1.165, 1.54) is 283 Å². The first-order chi connectivity index (χ1) is 51.4. The van der Waals surface area contributed by atoms with Crippen molar-refractivity contribution in [2.75, 3.05) is 39.6 Å². The Bertz CT molecular complexity index is 2030. The van der Waals surface area contributed by atoms with Gasteiger partial charge in [-0.2, -0.15) is 0 Å². The normalized spacial score (nSPS) is 14.3. The smallest absolute Gasteiger partial charge is 0.462 e. The molecule has 0 saturated carbocycles. The minimum atomic E-state index is -4.97. The summed E-state index contributed by atoms with van der Waals surface area (Å²) in [4.78, 5) is 73.2. The lowest BCUT2D eigenvalue weighted by molar-refractivity contribution is -0.161. The summed E-state index contributed by atoms with van der Waals surface area (Å²) in [5.74, 6) is -0.427. The fraction of sp³-hybridized carbons (Fsp3) is 0.954. The first-order valence-electron chi connectivity index (χ1n) is 45.1. The molecule has 0 aliphatic carbocycles. The van der Waals surface area contributed by atoms with E-state index in [0.29, 0.717) is 25.7 Å². The average molecular weight is 1550 g/mol. The van der Waals surface area contributed by atoms with Crippen molar-refractivity contribution in [3.05, 3.63) is 0 Å². The number of rotatable bonds is 86. The molecule has 0 amide bonds. The van der Waals surface area contributed by atoms with Gasteiger partial charge in [-0.05, 0) is 37.5 Å². The lowest BCUT2D eigenvalue weighted by Gasteiger charge is -2.21. The highest BCUT2D eigenvalue weighted by Gasteiger charge is 2.30. The van der Waals surface area contributed by atoms with Crippen LogP contribution >= 0.6 is 15.6 Å². The van der Waals surface area contributed by atoms with Gasteiger partial charge in [0.15, 0.2) is 12.2 Å². The molecule has 0 fully saturated rings. The topological polar surface area (TPSA) is 237 Å². The van der Waals surface area contributed by atoms with Crippen LogP contribution in [0.2, 0.25) is 0 Å². The molecule has 0 aromatic rings. The highest BCUT2D eigenvalue weighted by molar-refractivity contribution is 7.47. The van der Waals surface area contributed by atoms with Crippen LogP contribution in [-0.2, 0) is 65.4 Å². The molecule has 0 aromatic carbocycles. The van der Waals surface area contributed by atoms with Crippen LogP contribution < -0.4 is 0 Å². The van der Waals surface area contributed by atoms with Crippen LogP contribution in [-0.4, -0.2) is 96.7 Å². The molecule has 106 heavy (non-hydrogen) atoms. The SMILES string of the molecule is CCCCCCCCCCCCCCCCCCCCCC(=O)OC[C@H](COP(=O)(O)OC[C@@H](O)COP(=O)(O)OC[C@@H](COC(=O)CCCCCCCCCCCCC)OC(=O)CCCCCCCCCCCCC(C)CC)OC(=O)CCCCCCCCCCCCCCCCCCCCC(C)CC. The summed E-state index contributed by atoms with van der Waals surface area (Å²) in [7, 11) is -9.93. The Morgan fingerprint density at radius 2 is 0.453 bits per heavy atom. The number of phosphoric acid groups is 2.